The Balaban J connectivity index is 2.14. The molecule has 0 aromatic heterocycles. The fraction of sp³-hybridized carbons (Fsp3) is 0.462. The van der Waals surface area contributed by atoms with Gasteiger partial charge in [0.1, 0.15) is 6.04 Å². The number of carbonyl (C=O) groups is 1. The van der Waals surface area contributed by atoms with E-state index in [1.54, 1.807) is 6.92 Å². The van der Waals surface area contributed by atoms with Gasteiger partial charge in [-0.25, -0.2) is 0 Å². The molecule has 0 aliphatic carbocycles. The molecule has 1 heterocycles. The van der Waals surface area contributed by atoms with Crippen LogP contribution in [0, 0.1) is 0 Å². The number of benzene rings is 1. The quantitative estimate of drug-likeness (QED) is 0.839. The molecule has 0 bridgehead atoms. The summed E-state index contributed by atoms with van der Waals surface area (Å²) in [5.41, 5.74) is 2.11. The van der Waals surface area contributed by atoms with Crippen molar-refractivity contribution in [2.75, 3.05) is 6.54 Å². The first-order valence-electron chi connectivity index (χ1n) is 6.51. The van der Waals surface area contributed by atoms with Crippen molar-refractivity contribution >= 4 is 16.2 Å². The lowest BCUT2D eigenvalue weighted by molar-refractivity contribution is -0.139. The van der Waals surface area contributed by atoms with E-state index in [1.807, 2.05) is 24.3 Å². The van der Waals surface area contributed by atoms with E-state index in [-0.39, 0.29) is 13.0 Å². The molecule has 0 radical (unpaired) electrons. The Bertz CT molecular complexity index is 600. The molecule has 20 heavy (non-hydrogen) atoms. The predicted octanol–water partition coefficient (Wildman–Crippen LogP) is 0.742. The highest BCUT2D eigenvalue weighted by Gasteiger charge is 2.30. The van der Waals surface area contributed by atoms with Gasteiger partial charge in [0.15, 0.2) is 0 Å². The van der Waals surface area contributed by atoms with E-state index >= 15 is 0 Å². The minimum absolute atomic E-state index is 0.207. The number of aliphatic carboxylic acids is 1. The molecule has 0 saturated carbocycles. The van der Waals surface area contributed by atoms with Gasteiger partial charge in [0.25, 0.3) is 10.2 Å². The third-order valence-corrected chi connectivity index (χ3v) is 5.01. The van der Waals surface area contributed by atoms with Crippen molar-refractivity contribution in [3.63, 3.8) is 0 Å². The molecule has 1 aromatic carbocycles. The fourth-order valence-corrected chi connectivity index (χ4v) is 3.65. The number of nitrogens with one attached hydrogen (secondary N) is 1. The van der Waals surface area contributed by atoms with E-state index in [2.05, 4.69) is 4.72 Å². The highest BCUT2D eigenvalue weighted by atomic mass is 32.2. The van der Waals surface area contributed by atoms with Crippen LogP contribution < -0.4 is 4.72 Å². The molecule has 0 saturated heterocycles. The molecular formula is C13H18N2O4S. The summed E-state index contributed by atoms with van der Waals surface area (Å²) in [5, 5.41) is 8.95. The Morgan fingerprint density at radius 2 is 2.05 bits per heavy atom. The van der Waals surface area contributed by atoms with E-state index in [1.165, 1.54) is 4.31 Å². The minimum atomic E-state index is -3.78. The lowest BCUT2D eigenvalue weighted by Crippen LogP contribution is -2.49. The summed E-state index contributed by atoms with van der Waals surface area (Å²) in [4.78, 5) is 10.9. The van der Waals surface area contributed by atoms with Gasteiger partial charge in [-0.2, -0.15) is 17.4 Å². The maximum absolute atomic E-state index is 12.2. The van der Waals surface area contributed by atoms with Crippen molar-refractivity contribution < 1.29 is 18.3 Å². The van der Waals surface area contributed by atoms with Crippen molar-refractivity contribution in [2.45, 2.75) is 32.4 Å². The van der Waals surface area contributed by atoms with Gasteiger partial charge in [0.2, 0.25) is 0 Å². The highest BCUT2D eigenvalue weighted by Crippen LogP contribution is 2.20. The van der Waals surface area contributed by atoms with Crippen LogP contribution in [0.1, 0.15) is 24.5 Å². The topological polar surface area (TPSA) is 86.7 Å². The van der Waals surface area contributed by atoms with Crippen LogP contribution >= 0.6 is 0 Å². The van der Waals surface area contributed by atoms with Gasteiger partial charge in [-0.05, 0) is 24.0 Å². The summed E-state index contributed by atoms with van der Waals surface area (Å²) in [6.07, 6.45) is 0.847. The van der Waals surface area contributed by atoms with E-state index in [4.69, 9.17) is 5.11 Å². The lowest BCUT2D eigenvalue weighted by Gasteiger charge is -2.29. The van der Waals surface area contributed by atoms with Crippen LogP contribution in [0.2, 0.25) is 0 Å². The second-order valence-corrected chi connectivity index (χ2v) is 6.48. The normalized spacial score (nSPS) is 17.4. The first-order valence-corrected chi connectivity index (χ1v) is 7.95. The number of nitrogens with zero attached hydrogens (tertiary/aromatic N) is 1. The van der Waals surface area contributed by atoms with Crippen LogP contribution in [0.4, 0.5) is 0 Å². The number of fused-ring (bicyclic) bond motifs is 1. The van der Waals surface area contributed by atoms with Crippen molar-refractivity contribution in [2.24, 2.45) is 0 Å². The molecule has 1 aliphatic rings. The SMILES string of the molecule is CCC(NS(=O)(=O)N1CCc2ccccc2C1)C(=O)O. The molecular weight excluding hydrogens is 280 g/mol. The zero-order valence-corrected chi connectivity index (χ0v) is 12.1. The average molecular weight is 298 g/mol. The van der Waals surface area contributed by atoms with Gasteiger partial charge in [-0.1, -0.05) is 31.2 Å². The molecule has 0 spiro atoms. The number of hydrogen-bond acceptors (Lipinski definition) is 3. The van der Waals surface area contributed by atoms with Crippen LogP contribution in [-0.2, 0) is 28.0 Å². The largest absolute Gasteiger partial charge is 0.480 e. The predicted molar refractivity (Wildman–Crippen MR) is 74.3 cm³/mol. The summed E-state index contributed by atoms with van der Waals surface area (Å²) in [6.45, 7) is 2.27. The molecule has 1 aliphatic heterocycles. The molecule has 2 rings (SSSR count). The monoisotopic (exact) mass is 298 g/mol. The van der Waals surface area contributed by atoms with Gasteiger partial charge in [-0.15, -0.1) is 0 Å². The smallest absolute Gasteiger partial charge is 0.321 e. The van der Waals surface area contributed by atoms with E-state index < -0.39 is 22.2 Å². The van der Waals surface area contributed by atoms with Crippen LogP contribution in [0.3, 0.4) is 0 Å². The summed E-state index contributed by atoms with van der Waals surface area (Å²) in [7, 11) is -3.78. The molecule has 0 amide bonds. The van der Waals surface area contributed by atoms with Gasteiger partial charge in [0, 0.05) is 13.1 Å². The van der Waals surface area contributed by atoms with Gasteiger partial charge < -0.3 is 5.11 Å². The first kappa shape index (κ1) is 15.0. The summed E-state index contributed by atoms with van der Waals surface area (Å²) in [5.74, 6) is -1.16. The van der Waals surface area contributed by atoms with Crippen LogP contribution in [0.25, 0.3) is 0 Å². The number of carboxylic acids is 1. The van der Waals surface area contributed by atoms with Crippen LogP contribution in [0.15, 0.2) is 24.3 Å². The third kappa shape index (κ3) is 3.17. The fourth-order valence-electron chi connectivity index (χ4n) is 2.24. The first-order chi connectivity index (χ1) is 9.44. The lowest BCUT2D eigenvalue weighted by atomic mass is 10.0. The summed E-state index contributed by atoms with van der Waals surface area (Å²) >= 11 is 0. The molecule has 7 heteroatoms. The number of carboxylic acid groups (broad SMARTS) is 1. The maximum atomic E-state index is 12.2. The Kier molecular flexibility index (Phi) is 4.42. The Labute approximate surface area is 118 Å². The number of rotatable bonds is 5. The maximum Gasteiger partial charge on any atom is 0.321 e. The molecule has 1 atom stereocenters. The molecule has 2 N–H and O–H groups in total. The Morgan fingerprint density at radius 3 is 2.65 bits per heavy atom. The van der Waals surface area contributed by atoms with Gasteiger partial charge in [-0.3, -0.25) is 4.79 Å². The van der Waals surface area contributed by atoms with Crippen molar-refractivity contribution in [3.05, 3.63) is 35.4 Å². The average Bonchev–Trinajstić information content (AvgIpc) is 2.44. The minimum Gasteiger partial charge on any atom is -0.480 e. The van der Waals surface area contributed by atoms with E-state index in [0.29, 0.717) is 13.0 Å². The standard InChI is InChI=1S/C13H18N2O4S/c1-2-12(13(16)17)14-20(18,19)15-8-7-10-5-3-4-6-11(10)9-15/h3-6,12,14H,2,7-9H2,1H3,(H,16,17). The summed E-state index contributed by atoms with van der Waals surface area (Å²) < 4.78 is 28.0. The summed E-state index contributed by atoms with van der Waals surface area (Å²) in [6, 6.07) is 6.59. The second kappa shape index (κ2) is 5.90. The zero-order valence-electron chi connectivity index (χ0n) is 11.2. The van der Waals surface area contributed by atoms with Gasteiger partial charge in [0.05, 0.1) is 0 Å². The van der Waals surface area contributed by atoms with E-state index in [9.17, 15) is 13.2 Å². The van der Waals surface area contributed by atoms with Crippen LogP contribution in [-0.4, -0.2) is 36.4 Å². The third-order valence-electron chi connectivity index (χ3n) is 3.43. The second-order valence-electron chi connectivity index (χ2n) is 4.77. The molecule has 1 unspecified atom stereocenters. The number of hydrogen-bond donors (Lipinski definition) is 2. The van der Waals surface area contributed by atoms with E-state index in [0.717, 1.165) is 11.1 Å². The van der Waals surface area contributed by atoms with Crippen molar-refractivity contribution in [1.82, 2.24) is 9.03 Å². The highest BCUT2D eigenvalue weighted by molar-refractivity contribution is 7.87. The van der Waals surface area contributed by atoms with Crippen LogP contribution in [0.5, 0.6) is 0 Å². The Morgan fingerprint density at radius 1 is 1.40 bits per heavy atom. The molecule has 1 aromatic rings. The van der Waals surface area contributed by atoms with Crippen molar-refractivity contribution in [3.8, 4) is 0 Å². The zero-order chi connectivity index (χ0) is 14.8. The molecule has 110 valence electrons. The Hall–Kier alpha value is -1.44. The molecule has 6 nitrogen and oxygen atoms in total. The van der Waals surface area contributed by atoms with Gasteiger partial charge >= 0.3 is 5.97 Å². The molecule has 0 fully saturated rings. The van der Waals surface area contributed by atoms with Crippen molar-refractivity contribution in [1.29, 1.82) is 0 Å².